The molecule has 1 rings (SSSR count). The van der Waals surface area contributed by atoms with E-state index in [1.54, 1.807) is 24.3 Å². The second kappa shape index (κ2) is 16.3. The first kappa shape index (κ1) is 32.5. The van der Waals surface area contributed by atoms with Gasteiger partial charge in [-0.1, -0.05) is 69.6 Å². The largest absolute Gasteiger partial charge is 0.490 e. The van der Waals surface area contributed by atoms with E-state index in [2.05, 4.69) is 22.5 Å². The molecule has 38 heavy (non-hydrogen) atoms. The SMILES string of the molecule is C/C=C\C[C@H](O)C/C=C\NC(=O)C(NC(=O)C#C/C=C\C(C)=C\[C@H](C)[C@@H]1CC=C(OC)C(=O)O1)C(C)(C)C. The number of amides is 2. The number of aliphatic hydroxyl groups excluding tert-OH is 1. The molecule has 1 aliphatic rings. The summed E-state index contributed by atoms with van der Waals surface area (Å²) in [5, 5.41) is 15.2. The number of carbonyl (C=O) groups is 3. The van der Waals surface area contributed by atoms with Gasteiger partial charge >= 0.3 is 5.97 Å². The Labute approximate surface area is 226 Å². The molecular formula is C30H42N2O6. The van der Waals surface area contributed by atoms with Crippen molar-refractivity contribution in [3.63, 3.8) is 0 Å². The molecule has 0 saturated heterocycles. The lowest BCUT2D eigenvalue weighted by atomic mass is 9.86. The zero-order valence-electron chi connectivity index (χ0n) is 23.5. The Bertz CT molecular complexity index is 1030. The van der Waals surface area contributed by atoms with Crippen LogP contribution in [-0.2, 0) is 23.9 Å². The van der Waals surface area contributed by atoms with Crippen LogP contribution in [0.1, 0.15) is 60.8 Å². The van der Waals surface area contributed by atoms with E-state index in [1.807, 2.05) is 59.8 Å². The number of rotatable bonds is 11. The highest BCUT2D eigenvalue weighted by Crippen LogP contribution is 2.22. The summed E-state index contributed by atoms with van der Waals surface area (Å²) in [5.74, 6) is 3.98. The Hall–Kier alpha value is -3.57. The van der Waals surface area contributed by atoms with E-state index < -0.39 is 29.4 Å². The first-order valence-electron chi connectivity index (χ1n) is 12.8. The molecule has 1 heterocycles. The second-order valence-corrected chi connectivity index (χ2v) is 10.2. The summed E-state index contributed by atoms with van der Waals surface area (Å²) in [5.41, 5.74) is 0.354. The molecule has 0 saturated carbocycles. The highest BCUT2D eigenvalue weighted by molar-refractivity contribution is 5.97. The molecule has 0 aliphatic carbocycles. The average Bonchev–Trinajstić information content (AvgIpc) is 2.85. The number of esters is 1. The van der Waals surface area contributed by atoms with Crippen LogP contribution in [-0.4, -0.2) is 48.2 Å². The molecule has 0 aromatic rings. The van der Waals surface area contributed by atoms with Crippen LogP contribution < -0.4 is 10.6 Å². The fourth-order valence-electron chi connectivity index (χ4n) is 3.58. The van der Waals surface area contributed by atoms with Crippen molar-refractivity contribution in [2.75, 3.05) is 7.11 Å². The van der Waals surface area contributed by atoms with Crippen molar-refractivity contribution in [3.05, 3.63) is 60.1 Å². The third-order valence-corrected chi connectivity index (χ3v) is 5.74. The minimum atomic E-state index is -0.806. The maximum Gasteiger partial charge on any atom is 0.373 e. The Morgan fingerprint density at radius 2 is 1.97 bits per heavy atom. The molecule has 0 aromatic carbocycles. The number of cyclic esters (lactones) is 1. The average molecular weight is 527 g/mol. The maximum absolute atomic E-state index is 12.7. The maximum atomic E-state index is 12.7. The van der Waals surface area contributed by atoms with Gasteiger partial charge in [0.1, 0.15) is 12.1 Å². The Kier molecular flexibility index (Phi) is 13.9. The molecule has 0 bridgehead atoms. The van der Waals surface area contributed by atoms with Crippen molar-refractivity contribution in [2.24, 2.45) is 11.3 Å². The van der Waals surface area contributed by atoms with Gasteiger partial charge in [-0.25, -0.2) is 4.79 Å². The first-order chi connectivity index (χ1) is 17.9. The van der Waals surface area contributed by atoms with E-state index in [0.29, 0.717) is 19.3 Å². The zero-order chi connectivity index (χ0) is 28.7. The summed E-state index contributed by atoms with van der Waals surface area (Å²) < 4.78 is 10.4. The van der Waals surface area contributed by atoms with Crippen LogP contribution in [0.25, 0.3) is 0 Å². The summed E-state index contributed by atoms with van der Waals surface area (Å²) >= 11 is 0. The van der Waals surface area contributed by atoms with Crippen molar-refractivity contribution in [3.8, 4) is 11.8 Å². The van der Waals surface area contributed by atoms with E-state index in [1.165, 1.54) is 13.3 Å². The molecule has 0 radical (unpaired) electrons. The van der Waals surface area contributed by atoms with Gasteiger partial charge < -0.3 is 25.2 Å². The van der Waals surface area contributed by atoms with Gasteiger partial charge in [0.2, 0.25) is 5.91 Å². The minimum Gasteiger partial charge on any atom is -0.490 e. The fraction of sp³-hybridized carbons (Fsp3) is 0.500. The molecule has 8 nitrogen and oxygen atoms in total. The van der Waals surface area contributed by atoms with Gasteiger partial charge in [0.25, 0.3) is 5.91 Å². The van der Waals surface area contributed by atoms with Gasteiger partial charge in [-0.2, -0.15) is 0 Å². The second-order valence-electron chi connectivity index (χ2n) is 10.2. The topological polar surface area (TPSA) is 114 Å². The molecule has 8 heteroatoms. The number of hydrogen-bond donors (Lipinski definition) is 3. The van der Waals surface area contributed by atoms with Crippen LogP contribution in [0.5, 0.6) is 0 Å². The van der Waals surface area contributed by atoms with Crippen LogP contribution in [0.15, 0.2) is 60.1 Å². The molecule has 4 atom stereocenters. The van der Waals surface area contributed by atoms with Crippen LogP contribution in [0.4, 0.5) is 0 Å². The lowest BCUT2D eigenvalue weighted by Gasteiger charge is -2.29. The van der Waals surface area contributed by atoms with Gasteiger partial charge in [0, 0.05) is 12.3 Å². The van der Waals surface area contributed by atoms with E-state index in [4.69, 9.17) is 9.47 Å². The van der Waals surface area contributed by atoms with Crippen LogP contribution in [0, 0.1) is 23.2 Å². The van der Waals surface area contributed by atoms with Gasteiger partial charge in [0.15, 0.2) is 5.76 Å². The van der Waals surface area contributed by atoms with Crippen molar-refractivity contribution >= 4 is 17.8 Å². The summed E-state index contributed by atoms with van der Waals surface area (Å²) in [4.78, 5) is 36.9. The monoisotopic (exact) mass is 526 g/mol. The third-order valence-electron chi connectivity index (χ3n) is 5.74. The molecular weight excluding hydrogens is 484 g/mol. The molecule has 2 amide bonds. The van der Waals surface area contributed by atoms with Crippen LogP contribution in [0.2, 0.25) is 0 Å². The van der Waals surface area contributed by atoms with Crippen LogP contribution in [0.3, 0.4) is 0 Å². The van der Waals surface area contributed by atoms with E-state index in [-0.39, 0.29) is 23.7 Å². The Morgan fingerprint density at radius 3 is 2.58 bits per heavy atom. The molecule has 0 fully saturated rings. The highest BCUT2D eigenvalue weighted by Gasteiger charge is 2.32. The number of methoxy groups -OCH3 is 1. The summed E-state index contributed by atoms with van der Waals surface area (Å²) in [6, 6.07) is -0.806. The molecule has 1 aliphatic heterocycles. The number of aliphatic hydroxyl groups is 1. The molecule has 208 valence electrons. The molecule has 1 unspecified atom stereocenters. The molecule has 3 N–H and O–H groups in total. The zero-order valence-corrected chi connectivity index (χ0v) is 23.5. The number of allylic oxidation sites excluding steroid dienone is 4. The highest BCUT2D eigenvalue weighted by atomic mass is 16.6. The predicted octanol–water partition coefficient (Wildman–Crippen LogP) is 3.85. The number of ether oxygens (including phenoxy) is 2. The summed E-state index contributed by atoms with van der Waals surface area (Å²) in [6.07, 6.45) is 14.6. The van der Waals surface area contributed by atoms with Gasteiger partial charge in [0.05, 0.1) is 13.2 Å². The smallest absolute Gasteiger partial charge is 0.373 e. The lowest BCUT2D eigenvalue weighted by Crippen LogP contribution is -2.52. The van der Waals surface area contributed by atoms with Gasteiger partial charge in [-0.15, -0.1) is 0 Å². The van der Waals surface area contributed by atoms with E-state index >= 15 is 0 Å². The number of hydrogen-bond acceptors (Lipinski definition) is 6. The van der Waals surface area contributed by atoms with E-state index in [9.17, 15) is 19.5 Å². The Balaban J connectivity index is 2.67. The van der Waals surface area contributed by atoms with Crippen molar-refractivity contribution in [2.45, 2.75) is 79.1 Å². The standard InChI is InChI=1S/C30H42N2O6/c1-8-9-14-23(33)15-12-19-31-28(35)27(30(4,5)6)32-26(34)16-11-10-13-21(2)20-22(3)24-17-18-25(37-7)29(36)38-24/h8-10,12-13,18-20,22-24,27,33H,14-15,17H2,1-7H3,(H,31,35)(H,32,34)/b9-8-,13-10-,19-12-,21-20+/t22-,23-,24-,27?/m0/s1. The van der Waals surface area contributed by atoms with Crippen molar-refractivity contribution < 1.29 is 29.0 Å². The lowest BCUT2D eigenvalue weighted by molar-refractivity contribution is -0.151. The molecule has 0 aromatic heterocycles. The van der Waals surface area contributed by atoms with Gasteiger partial charge in [-0.3, -0.25) is 9.59 Å². The quantitative estimate of drug-likeness (QED) is 0.163. The number of carbonyl (C=O) groups excluding carboxylic acids is 3. The van der Waals surface area contributed by atoms with E-state index in [0.717, 1.165) is 5.57 Å². The normalized spacial score (nSPS) is 18.8. The van der Waals surface area contributed by atoms with Crippen molar-refractivity contribution in [1.82, 2.24) is 10.6 Å². The predicted molar refractivity (Wildman–Crippen MR) is 148 cm³/mol. The summed E-state index contributed by atoms with van der Waals surface area (Å²) in [6.45, 7) is 11.3. The third kappa shape index (κ3) is 12.1. The minimum absolute atomic E-state index is 0.0222. The number of nitrogens with one attached hydrogen (secondary N) is 2. The fourth-order valence-corrected chi connectivity index (χ4v) is 3.58. The van der Waals surface area contributed by atoms with Crippen molar-refractivity contribution in [1.29, 1.82) is 0 Å². The summed E-state index contributed by atoms with van der Waals surface area (Å²) in [7, 11) is 1.44. The Morgan fingerprint density at radius 1 is 1.29 bits per heavy atom. The van der Waals surface area contributed by atoms with Gasteiger partial charge in [-0.05, 0) is 56.4 Å². The first-order valence-corrected chi connectivity index (χ1v) is 12.8. The van der Waals surface area contributed by atoms with Crippen LogP contribution >= 0.6 is 0 Å². The molecule has 0 spiro atoms.